The molecule has 0 N–H and O–H groups in total. The highest BCUT2D eigenvalue weighted by atomic mass is 15.2. The van der Waals surface area contributed by atoms with Gasteiger partial charge < -0.3 is 4.90 Å². The summed E-state index contributed by atoms with van der Waals surface area (Å²) in [7, 11) is 1.89. The molecule has 2 rings (SSSR count). The minimum atomic E-state index is 0.386. The van der Waals surface area contributed by atoms with Gasteiger partial charge in [-0.15, -0.1) is 0 Å². The first-order chi connectivity index (χ1) is 8.60. The molecule has 0 saturated carbocycles. The Morgan fingerprint density at radius 1 is 1.17 bits per heavy atom. The highest BCUT2D eigenvalue weighted by Crippen LogP contribution is 2.21. The summed E-state index contributed by atoms with van der Waals surface area (Å²) in [6.07, 6.45) is 0. The Balaban J connectivity index is 2.43. The van der Waals surface area contributed by atoms with Crippen LogP contribution in [-0.2, 0) is 0 Å². The van der Waals surface area contributed by atoms with Crippen molar-refractivity contribution in [1.82, 2.24) is 9.97 Å². The summed E-state index contributed by atoms with van der Waals surface area (Å²) in [5.74, 6) is 0.539. The maximum Gasteiger partial charge on any atom is 0.231 e. The number of hydrogen-bond donors (Lipinski definition) is 0. The maximum absolute atomic E-state index is 8.92. The van der Waals surface area contributed by atoms with Crippen molar-refractivity contribution in [2.24, 2.45) is 0 Å². The smallest absolute Gasteiger partial charge is 0.231 e. The van der Waals surface area contributed by atoms with Gasteiger partial charge in [0.25, 0.3) is 0 Å². The van der Waals surface area contributed by atoms with Gasteiger partial charge in [0.2, 0.25) is 5.95 Å². The predicted octanol–water partition coefficient (Wildman–Crippen LogP) is 2.73. The number of rotatable bonds is 2. The third-order valence-electron chi connectivity index (χ3n) is 2.65. The number of benzene rings is 1. The lowest BCUT2D eigenvalue weighted by atomic mass is 10.2. The highest BCUT2D eigenvalue weighted by molar-refractivity contribution is 5.57. The van der Waals surface area contributed by atoms with Gasteiger partial charge in [-0.3, -0.25) is 0 Å². The fraction of sp³-hybridized carbons (Fsp3) is 0.214. The molecule has 0 aliphatic carbocycles. The maximum atomic E-state index is 8.92. The Labute approximate surface area is 107 Å². The van der Waals surface area contributed by atoms with E-state index in [1.807, 2.05) is 50.1 Å². The van der Waals surface area contributed by atoms with E-state index in [1.165, 1.54) is 5.56 Å². The molecule has 2 aromatic rings. The van der Waals surface area contributed by atoms with Crippen molar-refractivity contribution in [2.45, 2.75) is 13.8 Å². The lowest BCUT2D eigenvalue weighted by Crippen LogP contribution is -2.14. The monoisotopic (exact) mass is 238 g/mol. The van der Waals surface area contributed by atoms with E-state index in [2.05, 4.69) is 16.0 Å². The second-order valence-corrected chi connectivity index (χ2v) is 4.20. The van der Waals surface area contributed by atoms with E-state index in [0.717, 1.165) is 11.4 Å². The van der Waals surface area contributed by atoms with Crippen LogP contribution in [0.4, 0.5) is 11.6 Å². The number of aryl methyl sites for hydroxylation is 2. The normalized spacial score (nSPS) is 9.89. The molecule has 0 aliphatic rings. The van der Waals surface area contributed by atoms with Crippen LogP contribution in [-0.4, -0.2) is 17.0 Å². The van der Waals surface area contributed by atoms with Crippen molar-refractivity contribution in [3.63, 3.8) is 0 Å². The van der Waals surface area contributed by atoms with Gasteiger partial charge in [0.05, 0.1) is 0 Å². The van der Waals surface area contributed by atoms with Crippen molar-refractivity contribution < 1.29 is 0 Å². The molecule has 0 amide bonds. The Morgan fingerprint density at radius 3 is 2.61 bits per heavy atom. The molecule has 0 fully saturated rings. The third kappa shape index (κ3) is 2.46. The molecule has 0 bridgehead atoms. The Kier molecular flexibility index (Phi) is 3.24. The molecule has 0 unspecified atom stereocenters. The quantitative estimate of drug-likeness (QED) is 0.807. The molecule has 0 aliphatic heterocycles. The second-order valence-electron chi connectivity index (χ2n) is 4.20. The summed E-state index contributed by atoms with van der Waals surface area (Å²) in [6, 6.07) is 11.8. The first-order valence-electron chi connectivity index (χ1n) is 5.66. The van der Waals surface area contributed by atoms with Gasteiger partial charge in [0.1, 0.15) is 11.8 Å². The molecule has 0 atom stereocenters. The van der Waals surface area contributed by atoms with Crippen LogP contribution in [0, 0.1) is 25.2 Å². The summed E-state index contributed by atoms with van der Waals surface area (Å²) >= 11 is 0. The standard InChI is InChI=1S/C14H14N4/c1-10-5-4-6-13(7-10)18(3)14-16-11(2)8-12(9-15)17-14/h4-8H,1-3H3. The molecule has 1 aromatic heterocycles. The lowest BCUT2D eigenvalue weighted by molar-refractivity contribution is 1.00. The van der Waals surface area contributed by atoms with E-state index < -0.39 is 0 Å². The van der Waals surface area contributed by atoms with Crippen molar-refractivity contribution in [1.29, 1.82) is 5.26 Å². The van der Waals surface area contributed by atoms with Gasteiger partial charge in [0.15, 0.2) is 0 Å². The number of nitriles is 1. The van der Waals surface area contributed by atoms with Crippen LogP contribution < -0.4 is 4.90 Å². The molecule has 1 heterocycles. The van der Waals surface area contributed by atoms with Crippen LogP contribution in [0.15, 0.2) is 30.3 Å². The van der Waals surface area contributed by atoms with Crippen molar-refractivity contribution >= 4 is 11.6 Å². The van der Waals surface area contributed by atoms with Crippen molar-refractivity contribution in [3.8, 4) is 6.07 Å². The van der Waals surface area contributed by atoms with Crippen LogP contribution in [0.5, 0.6) is 0 Å². The topological polar surface area (TPSA) is 52.8 Å². The summed E-state index contributed by atoms with van der Waals surface area (Å²) in [5.41, 5.74) is 3.35. The number of anilines is 2. The molecule has 90 valence electrons. The molecule has 4 heteroatoms. The molecular formula is C14H14N4. The van der Waals surface area contributed by atoms with Gasteiger partial charge in [-0.1, -0.05) is 12.1 Å². The molecule has 0 spiro atoms. The third-order valence-corrected chi connectivity index (χ3v) is 2.65. The Bertz CT molecular complexity index is 613. The fourth-order valence-electron chi connectivity index (χ4n) is 1.71. The van der Waals surface area contributed by atoms with E-state index in [4.69, 9.17) is 5.26 Å². The lowest BCUT2D eigenvalue weighted by Gasteiger charge is -2.18. The Hall–Kier alpha value is -2.41. The highest BCUT2D eigenvalue weighted by Gasteiger charge is 2.09. The molecule has 4 nitrogen and oxygen atoms in total. The summed E-state index contributed by atoms with van der Waals surface area (Å²) in [5, 5.41) is 8.92. The number of aromatic nitrogens is 2. The van der Waals surface area contributed by atoms with Crippen LogP contribution in [0.25, 0.3) is 0 Å². The zero-order valence-electron chi connectivity index (χ0n) is 10.7. The molecule has 18 heavy (non-hydrogen) atoms. The molecular weight excluding hydrogens is 224 g/mol. The minimum Gasteiger partial charge on any atom is -0.314 e. The fourth-order valence-corrected chi connectivity index (χ4v) is 1.71. The van der Waals surface area contributed by atoms with Crippen LogP contribution in [0.2, 0.25) is 0 Å². The Morgan fingerprint density at radius 2 is 1.94 bits per heavy atom. The average molecular weight is 238 g/mol. The number of nitrogens with zero attached hydrogens (tertiary/aromatic N) is 4. The van der Waals surface area contributed by atoms with E-state index >= 15 is 0 Å². The van der Waals surface area contributed by atoms with Crippen LogP contribution in [0.1, 0.15) is 17.0 Å². The van der Waals surface area contributed by atoms with E-state index in [9.17, 15) is 0 Å². The largest absolute Gasteiger partial charge is 0.314 e. The second kappa shape index (κ2) is 4.84. The van der Waals surface area contributed by atoms with Crippen LogP contribution >= 0.6 is 0 Å². The van der Waals surface area contributed by atoms with E-state index in [1.54, 1.807) is 6.07 Å². The number of hydrogen-bond acceptors (Lipinski definition) is 4. The van der Waals surface area contributed by atoms with Gasteiger partial charge in [-0.2, -0.15) is 5.26 Å². The molecule has 1 aromatic carbocycles. The zero-order valence-corrected chi connectivity index (χ0v) is 10.7. The predicted molar refractivity (Wildman–Crippen MR) is 70.7 cm³/mol. The van der Waals surface area contributed by atoms with Gasteiger partial charge in [0, 0.05) is 18.4 Å². The molecule has 0 saturated heterocycles. The van der Waals surface area contributed by atoms with Crippen molar-refractivity contribution in [2.75, 3.05) is 11.9 Å². The zero-order chi connectivity index (χ0) is 13.1. The first kappa shape index (κ1) is 12.1. The van der Waals surface area contributed by atoms with Crippen molar-refractivity contribution in [3.05, 3.63) is 47.3 Å². The van der Waals surface area contributed by atoms with Gasteiger partial charge in [-0.25, -0.2) is 9.97 Å². The minimum absolute atomic E-state index is 0.386. The average Bonchev–Trinajstić information content (AvgIpc) is 2.37. The first-order valence-corrected chi connectivity index (χ1v) is 5.66. The van der Waals surface area contributed by atoms with Crippen LogP contribution in [0.3, 0.4) is 0 Å². The summed E-state index contributed by atoms with van der Waals surface area (Å²) < 4.78 is 0. The van der Waals surface area contributed by atoms with Gasteiger partial charge >= 0.3 is 0 Å². The van der Waals surface area contributed by atoms with E-state index in [0.29, 0.717) is 11.6 Å². The van der Waals surface area contributed by atoms with Gasteiger partial charge in [-0.05, 0) is 37.6 Å². The molecule has 0 radical (unpaired) electrons. The summed E-state index contributed by atoms with van der Waals surface area (Å²) in [4.78, 5) is 10.4. The summed E-state index contributed by atoms with van der Waals surface area (Å²) in [6.45, 7) is 3.89. The SMILES string of the molecule is Cc1cccc(N(C)c2nc(C)cc(C#N)n2)c1. The van der Waals surface area contributed by atoms with E-state index in [-0.39, 0.29) is 0 Å².